The molecule has 0 saturated heterocycles. The van der Waals surface area contributed by atoms with Crippen LogP contribution in [0.3, 0.4) is 0 Å². The van der Waals surface area contributed by atoms with Gasteiger partial charge in [-0.15, -0.1) is 23.5 Å². The van der Waals surface area contributed by atoms with Crippen molar-refractivity contribution in [3.63, 3.8) is 0 Å². The summed E-state index contributed by atoms with van der Waals surface area (Å²) in [5, 5.41) is 1.34. The third-order valence-corrected chi connectivity index (χ3v) is 6.13. The molecule has 0 radical (unpaired) electrons. The Bertz CT molecular complexity index is 575. The van der Waals surface area contributed by atoms with Gasteiger partial charge in [0.05, 0.1) is 0 Å². The quantitative estimate of drug-likeness (QED) is 0.655. The van der Waals surface area contributed by atoms with Gasteiger partial charge in [0.1, 0.15) is 0 Å². The normalized spacial score (nSPS) is 17.4. The maximum absolute atomic E-state index is 5.98. The first-order valence-corrected chi connectivity index (χ1v) is 8.39. The van der Waals surface area contributed by atoms with Crippen molar-refractivity contribution in [1.29, 1.82) is 0 Å². The molecule has 2 aromatic carbocycles. The molecule has 1 aliphatic heterocycles. The van der Waals surface area contributed by atoms with Gasteiger partial charge in [0.25, 0.3) is 0 Å². The molecule has 19 heavy (non-hydrogen) atoms. The number of nitrogen functional groups attached to an aromatic ring is 1. The molecule has 98 valence electrons. The van der Waals surface area contributed by atoms with Gasteiger partial charge >= 0.3 is 0 Å². The standard InChI is InChI=1S/C15H14ClNS2/c16-11-5-6-15(13(17)8-11)18-9-12-7-10-3-1-2-4-14(10)19-12/h1-6,8,12H,7,9,17H2. The third kappa shape index (κ3) is 3.04. The fourth-order valence-electron chi connectivity index (χ4n) is 2.18. The van der Waals surface area contributed by atoms with Gasteiger partial charge in [0.2, 0.25) is 0 Å². The highest BCUT2D eigenvalue weighted by atomic mass is 35.5. The van der Waals surface area contributed by atoms with Gasteiger partial charge in [-0.1, -0.05) is 29.8 Å². The van der Waals surface area contributed by atoms with Crippen LogP contribution in [0, 0.1) is 0 Å². The van der Waals surface area contributed by atoms with E-state index in [1.165, 1.54) is 10.5 Å². The van der Waals surface area contributed by atoms with Gasteiger partial charge in [0, 0.05) is 31.5 Å². The monoisotopic (exact) mass is 307 g/mol. The minimum absolute atomic E-state index is 0.637. The number of thioether (sulfide) groups is 2. The number of benzene rings is 2. The molecule has 2 aromatic rings. The number of nitrogens with two attached hydrogens (primary N) is 1. The van der Waals surface area contributed by atoms with Crippen LogP contribution in [0.25, 0.3) is 0 Å². The second kappa shape index (κ2) is 5.70. The summed E-state index contributed by atoms with van der Waals surface area (Å²) in [7, 11) is 0. The van der Waals surface area contributed by atoms with E-state index in [0.717, 1.165) is 22.8 Å². The predicted molar refractivity (Wildman–Crippen MR) is 86.4 cm³/mol. The molecule has 1 aliphatic rings. The molecular formula is C15H14ClNS2. The molecule has 0 fully saturated rings. The fourth-order valence-corrected chi connectivity index (χ4v) is 4.79. The van der Waals surface area contributed by atoms with Crippen molar-refractivity contribution in [3.8, 4) is 0 Å². The molecule has 1 unspecified atom stereocenters. The highest BCUT2D eigenvalue weighted by Crippen LogP contribution is 2.40. The Kier molecular flexibility index (Phi) is 3.96. The summed E-state index contributed by atoms with van der Waals surface area (Å²) in [4.78, 5) is 2.55. The molecule has 0 aliphatic carbocycles. The van der Waals surface area contributed by atoms with Crippen LogP contribution in [0.15, 0.2) is 52.3 Å². The summed E-state index contributed by atoms with van der Waals surface area (Å²) in [5.74, 6) is 1.07. The molecule has 0 amide bonds. The Morgan fingerprint density at radius 2 is 2.11 bits per heavy atom. The molecule has 1 heterocycles. The zero-order chi connectivity index (χ0) is 13.2. The van der Waals surface area contributed by atoms with E-state index in [1.807, 2.05) is 41.7 Å². The second-order valence-corrected chi connectivity index (χ2v) is 7.39. The predicted octanol–water partition coefficient (Wildman–Crippen LogP) is 4.73. The summed E-state index contributed by atoms with van der Waals surface area (Å²) >= 11 is 9.71. The van der Waals surface area contributed by atoms with E-state index in [2.05, 4.69) is 24.3 Å². The fraction of sp³-hybridized carbons (Fsp3) is 0.200. The lowest BCUT2D eigenvalue weighted by Gasteiger charge is -2.09. The van der Waals surface area contributed by atoms with Gasteiger partial charge in [-0.05, 0) is 36.2 Å². The van der Waals surface area contributed by atoms with E-state index >= 15 is 0 Å². The Morgan fingerprint density at radius 3 is 2.89 bits per heavy atom. The highest BCUT2D eigenvalue weighted by molar-refractivity contribution is 8.03. The Morgan fingerprint density at radius 1 is 1.26 bits per heavy atom. The Labute approximate surface area is 126 Å². The van der Waals surface area contributed by atoms with Crippen molar-refractivity contribution in [2.75, 3.05) is 11.5 Å². The van der Waals surface area contributed by atoms with Gasteiger partial charge in [-0.2, -0.15) is 0 Å². The summed E-state index contributed by atoms with van der Waals surface area (Å²) in [5.41, 5.74) is 8.23. The van der Waals surface area contributed by atoms with Gasteiger partial charge in [-0.25, -0.2) is 0 Å². The van der Waals surface area contributed by atoms with Crippen molar-refractivity contribution in [2.24, 2.45) is 0 Å². The van der Waals surface area contributed by atoms with Crippen molar-refractivity contribution >= 4 is 40.8 Å². The first kappa shape index (κ1) is 13.2. The van der Waals surface area contributed by atoms with Crippen molar-refractivity contribution < 1.29 is 0 Å². The van der Waals surface area contributed by atoms with Gasteiger partial charge < -0.3 is 5.73 Å². The number of rotatable bonds is 3. The number of hydrogen-bond acceptors (Lipinski definition) is 3. The summed E-state index contributed by atoms with van der Waals surface area (Å²) in [6.07, 6.45) is 1.15. The van der Waals surface area contributed by atoms with E-state index in [0.29, 0.717) is 10.3 Å². The lowest BCUT2D eigenvalue weighted by atomic mass is 10.1. The number of halogens is 1. The van der Waals surface area contributed by atoms with Crippen LogP contribution in [-0.2, 0) is 6.42 Å². The third-order valence-electron chi connectivity index (χ3n) is 3.11. The van der Waals surface area contributed by atoms with Crippen LogP contribution < -0.4 is 5.73 Å². The topological polar surface area (TPSA) is 26.0 Å². The minimum atomic E-state index is 0.637. The van der Waals surface area contributed by atoms with Crippen molar-refractivity contribution in [1.82, 2.24) is 0 Å². The molecule has 0 aromatic heterocycles. The lowest BCUT2D eigenvalue weighted by molar-refractivity contribution is 0.970. The first-order chi connectivity index (χ1) is 9.22. The zero-order valence-corrected chi connectivity index (χ0v) is 12.7. The summed E-state index contributed by atoms with van der Waals surface area (Å²) in [6.45, 7) is 0. The molecule has 2 N–H and O–H groups in total. The minimum Gasteiger partial charge on any atom is -0.398 e. The molecule has 1 atom stereocenters. The average molecular weight is 308 g/mol. The van der Waals surface area contributed by atoms with Crippen LogP contribution >= 0.6 is 35.1 Å². The summed E-state index contributed by atoms with van der Waals surface area (Å²) < 4.78 is 0. The molecule has 0 saturated carbocycles. The first-order valence-electron chi connectivity index (χ1n) is 6.15. The molecule has 0 spiro atoms. The van der Waals surface area contributed by atoms with E-state index in [9.17, 15) is 0 Å². The van der Waals surface area contributed by atoms with E-state index in [1.54, 1.807) is 0 Å². The largest absolute Gasteiger partial charge is 0.398 e. The molecular weight excluding hydrogens is 294 g/mol. The van der Waals surface area contributed by atoms with Gasteiger partial charge in [0.15, 0.2) is 0 Å². The van der Waals surface area contributed by atoms with Crippen molar-refractivity contribution in [2.45, 2.75) is 21.5 Å². The molecule has 4 heteroatoms. The maximum atomic E-state index is 5.98. The van der Waals surface area contributed by atoms with Crippen LogP contribution in [0.1, 0.15) is 5.56 Å². The Balaban J connectivity index is 1.63. The van der Waals surface area contributed by atoms with Crippen LogP contribution in [0.4, 0.5) is 5.69 Å². The van der Waals surface area contributed by atoms with Crippen LogP contribution in [-0.4, -0.2) is 11.0 Å². The van der Waals surface area contributed by atoms with Crippen LogP contribution in [0.2, 0.25) is 5.02 Å². The van der Waals surface area contributed by atoms with Gasteiger partial charge in [-0.3, -0.25) is 0 Å². The highest BCUT2D eigenvalue weighted by Gasteiger charge is 2.21. The number of hydrogen-bond donors (Lipinski definition) is 1. The van der Waals surface area contributed by atoms with Crippen LogP contribution in [0.5, 0.6) is 0 Å². The molecule has 3 rings (SSSR count). The van der Waals surface area contributed by atoms with E-state index in [-0.39, 0.29) is 0 Å². The maximum Gasteiger partial charge on any atom is 0.0467 e. The van der Waals surface area contributed by atoms with E-state index < -0.39 is 0 Å². The molecule has 1 nitrogen and oxygen atoms in total. The zero-order valence-electron chi connectivity index (χ0n) is 10.3. The lowest BCUT2D eigenvalue weighted by Crippen LogP contribution is -2.04. The second-order valence-electron chi connectivity index (χ2n) is 4.54. The van der Waals surface area contributed by atoms with Crippen molar-refractivity contribution in [3.05, 3.63) is 53.1 Å². The Hall–Kier alpha value is -0.770. The smallest absolute Gasteiger partial charge is 0.0467 e. The van der Waals surface area contributed by atoms with E-state index in [4.69, 9.17) is 17.3 Å². The average Bonchev–Trinajstić information content (AvgIpc) is 2.80. The molecule has 0 bridgehead atoms. The number of anilines is 1. The number of fused-ring (bicyclic) bond motifs is 1. The summed E-state index contributed by atoms with van der Waals surface area (Å²) in [6, 6.07) is 14.4. The SMILES string of the molecule is Nc1cc(Cl)ccc1SCC1Cc2ccccc2S1.